The first-order valence-electron chi connectivity index (χ1n) is 9.47. The van der Waals surface area contributed by atoms with Crippen molar-refractivity contribution in [2.45, 2.75) is 13.3 Å². The molecular weight excluding hydrogens is 434 g/mol. The minimum Gasteiger partial charge on any atom is -0.454 e. The lowest BCUT2D eigenvalue weighted by Crippen LogP contribution is -2.17. The van der Waals surface area contributed by atoms with Crippen LogP contribution in [0.2, 0.25) is 0 Å². The van der Waals surface area contributed by atoms with Crippen LogP contribution in [-0.4, -0.2) is 23.6 Å². The Morgan fingerprint density at radius 2 is 1.94 bits per heavy atom. The van der Waals surface area contributed by atoms with Crippen molar-refractivity contribution in [1.29, 1.82) is 0 Å². The lowest BCUT2D eigenvalue weighted by Gasteiger charge is -2.03. The van der Waals surface area contributed by atoms with Crippen LogP contribution in [0.5, 0.6) is 11.5 Å². The molecule has 1 aliphatic rings. The molecule has 0 unspecified atom stereocenters. The number of carbonyl (C=O) groups is 2. The number of primary amides is 1. The van der Waals surface area contributed by atoms with Gasteiger partial charge >= 0.3 is 0 Å². The number of nitrogens with one attached hydrogen (secondary N) is 1. The zero-order valence-corrected chi connectivity index (χ0v) is 18.1. The van der Waals surface area contributed by atoms with Gasteiger partial charge < -0.3 is 20.5 Å². The van der Waals surface area contributed by atoms with Crippen LogP contribution in [0.3, 0.4) is 0 Å². The number of ether oxygens (including phenoxy) is 2. The third-order valence-corrected chi connectivity index (χ3v) is 7.25. The largest absolute Gasteiger partial charge is 0.454 e. The maximum atomic E-state index is 12.8. The highest BCUT2D eigenvalue weighted by atomic mass is 32.1. The Kier molecular flexibility index (Phi) is 4.84. The third kappa shape index (κ3) is 3.62. The van der Waals surface area contributed by atoms with Gasteiger partial charge in [0.1, 0.15) is 5.00 Å². The van der Waals surface area contributed by atoms with Gasteiger partial charge in [-0.1, -0.05) is 18.2 Å². The molecule has 5 rings (SSSR count). The average Bonchev–Trinajstić information content (AvgIpc) is 3.45. The van der Waals surface area contributed by atoms with Crippen molar-refractivity contribution in [3.05, 3.63) is 69.0 Å². The summed E-state index contributed by atoms with van der Waals surface area (Å²) >= 11 is 2.65. The van der Waals surface area contributed by atoms with Crippen LogP contribution in [0.25, 0.3) is 10.2 Å². The number of hydrogen-bond donors (Lipinski definition) is 2. The van der Waals surface area contributed by atoms with Crippen molar-refractivity contribution in [2.75, 3.05) is 12.1 Å². The Balaban J connectivity index is 1.44. The van der Waals surface area contributed by atoms with Crippen molar-refractivity contribution >= 4 is 49.7 Å². The van der Waals surface area contributed by atoms with Gasteiger partial charge in [0, 0.05) is 11.3 Å². The van der Waals surface area contributed by atoms with Crippen LogP contribution < -0.4 is 20.5 Å². The summed E-state index contributed by atoms with van der Waals surface area (Å²) in [7, 11) is 0. The smallest absolute Gasteiger partial charge is 0.285 e. The van der Waals surface area contributed by atoms with E-state index in [0.29, 0.717) is 33.5 Å². The molecule has 1 aliphatic heterocycles. The van der Waals surface area contributed by atoms with Gasteiger partial charge in [-0.3, -0.25) is 9.59 Å². The number of anilines is 1. The monoisotopic (exact) mass is 451 g/mol. The molecule has 0 fully saturated rings. The van der Waals surface area contributed by atoms with E-state index in [2.05, 4.69) is 10.3 Å². The predicted octanol–water partition coefficient (Wildman–Crippen LogP) is 4.34. The van der Waals surface area contributed by atoms with Gasteiger partial charge in [0.15, 0.2) is 16.5 Å². The zero-order valence-electron chi connectivity index (χ0n) is 16.4. The minimum absolute atomic E-state index is 0.213. The summed E-state index contributed by atoms with van der Waals surface area (Å²) < 4.78 is 11.7. The summed E-state index contributed by atoms with van der Waals surface area (Å²) in [5.74, 6) is 0.476. The molecule has 156 valence electrons. The zero-order chi connectivity index (χ0) is 21.5. The second-order valence-electron chi connectivity index (χ2n) is 7.02. The van der Waals surface area contributed by atoms with E-state index in [1.807, 2.05) is 49.4 Å². The Labute approximate surface area is 185 Å². The molecule has 2 amide bonds. The summed E-state index contributed by atoms with van der Waals surface area (Å²) in [6.45, 7) is 2.05. The molecule has 3 N–H and O–H groups in total. The molecule has 0 radical (unpaired) electrons. The van der Waals surface area contributed by atoms with Gasteiger partial charge in [-0.2, -0.15) is 0 Å². The number of nitrogens with zero attached hydrogens (tertiary/aromatic N) is 1. The maximum Gasteiger partial charge on any atom is 0.285 e. The van der Waals surface area contributed by atoms with E-state index >= 15 is 0 Å². The molecule has 4 aromatic rings. The molecule has 2 aromatic heterocycles. The van der Waals surface area contributed by atoms with E-state index in [1.165, 1.54) is 22.7 Å². The maximum absolute atomic E-state index is 12.8. The number of aromatic nitrogens is 1. The quantitative estimate of drug-likeness (QED) is 0.470. The highest BCUT2D eigenvalue weighted by Gasteiger charge is 2.23. The number of para-hydroxylation sites is 1. The molecule has 3 heterocycles. The Morgan fingerprint density at radius 1 is 1.13 bits per heavy atom. The highest BCUT2D eigenvalue weighted by Crippen LogP contribution is 2.37. The number of hydrogen-bond acceptors (Lipinski definition) is 7. The van der Waals surface area contributed by atoms with Gasteiger partial charge in [0.05, 0.1) is 15.8 Å². The van der Waals surface area contributed by atoms with E-state index in [9.17, 15) is 9.59 Å². The Hall–Kier alpha value is -3.43. The number of thiophene rings is 1. The highest BCUT2D eigenvalue weighted by molar-refractivity contribution is 7.20. The first-order valence-corrected chi connectivity index (χ1v) is 11.1. The van der Waals surface area contributed by atoms with Gasteiger partial charge in [0.2, 0.25) is 6.79 Å². The predicted molar refractivity (Wildman–Crippen MR) is 121 cm³/mol. The molecule has 0 atom stereocenters. The number of rotatable bonds is 5. The number of fused-ring (bicyclic) bond motifs is 2. The van der Waals surface area contributed by atoms with Gasteiger partial charge in [-0.05, 0) is 42.3 Å². The van der Waals surface area contributed by atoms with Crippen molar-refractivity contribution in [2.24, 2.45) is 5.73 Å². The first-order chi connectivity index (χ1) is 15.0. The molecule has 9 heteroatoms. The second-order valence-corrected chi connectivity index (χ2v) is 9.16. The molecule has 7 nitrogen and oxygen atoms in total. The fourth-order valence-corrected chi connectivity index (χ4v) is 5.58. The third-order valence-electron chi connectivity index (χ3n) is 5.01. The van der Waals surface area contributed by atoms with Crippen molar-refractivity contribution < 1.29 is 19.1 Å². The van der Waals surface area contributed by atoms with E-state index in [0.717, 1.165) is 26.2 Å². The van der Waals surface area contributed by atoms with Gasteiger partial charge in [-0.15, -0.1) is 22.7 Å². The van der Waals surface area contributed by atoms with Crippen molar-refractivity contribution in [3.63, 3.8) is 0 Å². The number of nitrogens with two attached hydrogens (primary N) is 1. The minimum atomic E-state index is -0.578. The average molecular weight is 452 g/mol. The Morgan fingerprint density at radius 3 is 2.74 bits per heavy atom. The van der Waals surface area contributed by atoms with E-state index < -0.39 is 5.91 Å². The molecular formula is C22H17N3O4S2. The van der Waals surface area contributed by atoms with Gasteiger partial charge in [-0.25, -0.2) is 4.98 Å². The van der Waals surface area contributed by atoms with E-state index in [-0.39, 0.29) is 12.7 Å². The molecule has 2 aromatic carbocycles. The van der Waals surface area contributed by atoms with Crippen LogP contribution in [0.1, 0.15) is 36.2 Å². The summed E-state index contributed by atoms with van der Waals surface area (Å²) in [5.41, 5.74) is 8.50. The molecule has 0 saturated carbocycles. The Bertz CT molecular complexity index is 1310. The van der Waals surface area contributed by atoms with Gasteiger partial charge in [0.25, 0.3) is 11.8 Å². The molecule has 0 aliphatic carbocycles. The van der Waals surface area contributed by atoms with E-state index in [1.54, 1.807) is 0 Å². The van der Waals surface area contributed by atoms with Crippen LogP contribution in [-0.2, 0) is 6.42 Å². The summed E-state index contributed by atoms with van der Waals surface area (Å²) in [6, 6.07) is 13.3. The van der Waals surface area contributed by atoms with E-state index in [4.69, 9.17) is 15.2 Å². The number of thiazole rings is 1. The van der Waals surface area contributed by atoms with Crippen LogP contribution in [0.15, 0.2) is 42.5 Å². The SMILES string of the molecule is Cc1c(Cc2ccc3c(c2)OCO3)sc(NC(=O)c2nc3ccccc3s2)c1C(N)=O. The van der Waals surface area contributed by atoms with Crippen LogP contribution in [0.4, 0.5) is 5.00 Å². The van der Waals surface area contributed by atoms with Crippen molar-refractivity contribution in [1.82, 2.24) is 4.98 Å². The lowest BCUT2D eigenvalue weighted by atomic mass is 10.1. The van der Waals surface area contributed by atoms with Crippen LogP contribution in [0, 0.1) is 6.92 Å². The summed E-state index contributed by atoms with van der Waals surface area (Å²) in [5, 5.41) is 3.61. The lowest BCUT2D eigenvalue weighted by molar-refractivity contribution is 0.100. The topological polar surface area (TPSA) is 104 Å². The molecule has 0 saturated heterocycles. The fourth-order valence-electron chi connectivity index (χ4n) is 3.48. The molecule has 31 heavy (non-hydrogen) atoms. The van der Waals surface area contributed by atoms with Crippen molar-refractivity contribution in [3.8, 4) is 11.5 Å². The normalized spacial score (nSPS) is 12.3. The fraction of sp³-hybridized carbons (Fsp3) is 0.136. The molecule has 0 spiro atoms. The first kappa shape index (κ1) is 19.5. The number of carbonyl (C=O) groups excluding carboxylic acids is 2. The summed E-state index contributed by atoms with van der Waals surface area (Å²) in [4.78, 5) is 30.3. The number of benzene rings is 2. The van der Waals surface area contributed by atoms with Crippen LogP contribution >= 0.6 is 22.7 Å². The number of amides is 2. The summed E-state index contributed by atoms with van der Waals surface area (Å²) in [6.07, 6.45) is 0.574. The standard InChI is InChI=1S/C22H17N3O4S2/c1-11-17(9-12-6-7-14-15(8-12)29-10-28-14)31-21(18(11)19(23)26)25-20(27)22-24-13-4-2-3-5-16(13)30-22/h2-8H,9-10H2,1H3,(H2,23,26)(H,25,27). The molecule has 0 bridgehead atoms. The second kappa shape index (κ2) is 7.68.